The fraction of sp³-hybridized carbons (Fsp3) is 0.375. The zero-order chi connectivity index (χ0) is 10.0. The van der Waals surface area contributed by atoms with Gasteiger partial charge in [-0.1, -0.05) is 0 Å². The number of aromatic carboxylic acids is 1. The third-order valence-electron chi connectivity index (χ3n) is 1.56. The van der Waals surface area contributed by atoms with Gasteiger partial charge in [0.2, 0.25) is 0 Å². The maximum atomic E-state index is 11.2. The first-order chi connectivity index (χ1) is 6.02. The SMILES string of the molecule is CC(C)n1ncc(C(=O)O)cc1=O. The highest BCUT2D eigenvalue weighted by Crippen LogP contribution is 1.97. The molecule has 0 saturated heterocycles. The minimum Gasteiger partial charge on any atom is -0.478 e. The molecule has 0 radical (unpaired) electrons. The lowest BCUT2D eigenvalue weighted by atomic mass is 10.3. The Morgan fingerprint density at radius 1 is 1.62 bits per heavy atom. The van der Waals surface area contributed by atoms with Crippen LogP contribution in [-0.2, 0) is 0 Å². The lowest BCUT2D eigenvalue weighted by molar-refractivity contribution is 0.0695. The summed E-state index contributed by atoms with van der Waals surface area (Å²) >= 11 is 0. The molecule has 0 saturated carbocycles. The Balaban J connectivity index is 3.21. The van der Waals surface area contributed by atoms with Gasteiger partial charge in [-0.25, -0.2) is 9.48 Å². The van der Waals surface area contributed by atoms with E-state index in [-0.39, 0.29) is 11.6 Å². The van der Waals surface area contributed by atoms with E-state index in [2.05, 4.69) is 5.10 Å². The van der Waals surface area contributed by atoms with Gasteiger partial charge in [-0.15, -0.1) is 0 Å². The Hall–Kier alpha value is -1.65. The summed E-state index contributed by atoms with van der Waals surface area (Å²) in [5, 5.41) is 12.3. The maximum absolute atomic E-state index is 11.2. The summed E-state index contributed by atoms with van der Waals surface area (Å²) in [6.07, 6.45) is 1.17. The van der Waals surface area contributed by atoms with Gasteiger partial charge in [0, 0.05) is 6.07 Å². The quantitative estimate of drug-likeness (QED) is 0.723. The van der Waals surface area contributed by atoms with E-state index >= 15 is 0 Å². The van der Waals surface area contributed by atoms with Crippen LogP contribution in [0, 0.1) is 0 Å². The minimum atomic E-state index is -1.14. The van der Waals surface area contributed by atoms with E-state index in [1.807, 2.05) is 0 Å². The van der Waals surface area contributed by atoms with Crippen molar-refractivity contribution in [2.75, 3.05) is 0 Å². The van der Waals surface area contributed by atoms with Crippen LogP contribution >= 0.6 is 0 Å². The van der Waals surface area contributed by atoms with Crippen molar-refractivity contribution in [1.29, 1.82) is 0 Å². The topological polar surface area (TPSA) is 72.2 Å². The molecule has 5 heteroatoms. The predicted octanol–water partition coefficient (Wildman–Crippen LogP) is 0.522. The van der Waals surface area contributed by atoms with E-state index in [4.69, 9.17) is 5.11 Å². The van der Waals surface area contributed by atoms with Crippen LogP contribution in [0.15, 0.2) is 17.1 Å². The molecular formula is C8H10N2O3. The molecule has 0 unspecified atom stereocenters. The second kappa shape index (κ2) is 3.38. The Labute approximate surface area is 74.6 Å². The van der Waals surface area contributed by atoms with Crippen molar-refractivity contribution in [1.82, 2.24) is 9.78 Å². The molecule has 0 atom stereocenters. The number of nitrogens with zero attached hydrogens (tertiary/aromatic N) is 2. The Bertz CT molecular complexity index is 381. The second-order valence-electron chi connectivity index (χ2n) is 2.93. The molecule has 1 rings (SSSR count). The molecule has 0 amide bonds. The molecule has 1 aromatic heterocycles. The summed E-state index contributed by atoms with van der Waals surface area (Å²) < 4.78 is 1.23. The first-order valence-corrected chi connectivity index (χ1v) is 3.84. The molecule has 0 bridgehead atoms. The molecule has 0 aliphatic heterocycles. The lowest BCUT2D eigenvalue weighted by Crippen LogP contribution is -2.25. The molecule has 0 aliphatic rings. The molecule has 1 N–H and O–H groups in total. The van der Waals surface area contributed by atoms with Gasteiger partial charge in [0.25, 0.3) is 5.56 Å². The van der Waals surface area contributed by atoms with Crippen molar-refractivity contribution in [3.63, 3.8) is 0 Å². The molecule has 1 aromatic rings. The molecule has 0 fully saturated rings. The first kappa shape index (κ1) is 9.44. The Kier molecular flexibility index (Phi) is 2.46. The van der Waals surface area contributed by atoms with E-state index in [0.717, 1.165) is 6.07 Å². The molecule has 1 heterocycles. The van der Waals surface area contributed by atoms with Crippen LogP contribution in [0.5, 0.6) is 0 Å². The van der Waals surface area contributed by atoms with Crippen LogP contribution in [0.2, 0.25) is 0 Å². The molecule has 70 valence electrons. The van der Waals surface area contributed by atoms with Gasteiger partial charge in [-0.3, -0.25) is 4.79 Å². The van der Waals surface area contributed by atoms with Crippen LogP contribution in [0.1, 0.15) is 30.2 Å². The number of hydrogen-bond donors (Lipinski definition) is 1. The zero-order valence-electron chi connectivity index (χ0n) is 7.39. The normalized spacial score (nSPS) is 10.4. The van der Waals surface area contributed by atoms with Gasteiger partial charge >= 0.3 is 5.97 Å². The summed E-state index contributed by atoms with van der Waals surface area (Å²) in [6, 6.07) is 1.00. The molecule has 0 aliphatic carbocycles. The van der Waals surface area contributed by atoms with Crippen LogP contribution < -0.4 is 5.56 Å². The molecule has 0 aromatic carbocycles. The zero-order valence-corrected chi connectivity index (χ0v) is 7.39. The highest BCUT2D eigenvalue weighted by atomic mass is 16.4. The monoisotopic (exact) mass is 182 g/mol. The number of hydrogen-bond acceptors (Lipinski definition) is 3. The molecular weight excluding hydrogens is 172 g/mol. The molecule has 13 heavy (non-hydrogen) atoms. The van der Waals surface area contributed by atoms with Crippen LogP contribution in [0.25, 0.3) is 0 Å². The van der Waals surface area contributed by atoms with Gasteiger partial charge < -0.3 is 5.11 Å². The van der Waals surface area contributed by atoms with Crippen LogP contribution in [0.4, 0.5) is 0 Å². The summed E-state index contributed by atoms with van der Waals surface area (Å²) in [5.74, 6) is -1.14. The van der Waals surface area contributed by atoms with Crippen molar-refractivity contribution in [3.8, 4) is 0 Å². The van der Waals surface area contributed by atoms with Gasteiger partial charge in [0.15, 0.2) is 0 Å². The van der Waals surface area contributed by atoms with Crippen molar-refractivity contribution >= 4 is 5.97 Å². The molecule has 5 nitrogen and oxygen atoms in total. The minimum absolute atomic E-state index is 0.0599. The number of carbonyl (C=O) groups is 1. The summed E-state index contributed by atoms with van der Waals surface area (Å²) in [5.41, 5.74) is -0.475. The lowest BCUT2D eigenvalue weighted by Gasteiger charge is -2.06. The fourth-order valence-electron chi connectivity index (χ4n) is 0.923. The van der Waals surface area contributed by atoms with Gasteiger partial charge in [0.1, 0.15) is 0 Å². The number of carboxylic acids is 1. The molecule has 0 spiro atoms. The van der Waals surface area contributed by atoms with Crippen molar-refractivity contribution in [2.45, 2.75) is 19.9 Å². The average Bonchev–Trinajstić information content (AvgIpc) is 2.03. The number of carboxylic acid groups (broad SMARTS) is 1. The van der Waals surface area contributed by atoms with Gasteiger partial charge in [-0.2, -0.15) is 5.10 Å². The smallest absolute Gasteiger partial charge is 0.337 e. The highest BCUT2D eigenvalue weighted by molar-refractivity contribution is 5.86. The standard InChI is InChI=1S/C8H10N2O3/c1-5(2)10-7(11)3-6(4-9-10)8(12)13/h3-5H,1-2H3,(H,12,13). The van der Waals surface area contributed by atoms with Crippen LogP contribution in [0.3, 0.4) is 0 Å². The van der Waals surface area contributed by atoms with Crippen LogP contribution in [-0.4, -0.2) is 20.9 Å². The maximum Gasteiger partial charge on any atom is 0.337 e. The highest BCUT2D eigenvalue weighted by Gasteiger charge is 2.07. The second-order valence-corrected chi connectivity index (χ2v) is 2.93. The number of aromatic nitrogens is 2. The van der Waals surface area contributed by atoms with Gasteiger partial charge in [0.05, 0.1) is 17.8 Å². The van der Waals surface area contributed by atoms with Crippen molar-refractivity contribution in [2.24, 2.45) is 0 Å². The third kappa shape index (κ3) is 1.93. The predicted molar refractivity (Wildman–Crippen MR) is 45.8 cm³/mol. The third-order valence-corrected chi connectivity index (χ3v) is 1.56. The van der Waals surface area contributed by atoms with E-state index in [9.17, 15) is 9.59 Å². The largest absolute Gasteiger partial charge is 0.478 e. The summed E-state index contributed by atoms with van der Waals surface area (Å²) in [7, 11) is 0. The van der Waals surface area contributed by atoms with E-state index in [1.54, 1.807) is 13.8 Å². The Morgan fingerprint density at radius 2 is 2.23 bits per heavy atom. The van der Waals surface area contributed by atoms with E-state index in [1.165, 1.54) is 10.9 Å². The Morgan fingerprint density at radius 3 is 2.62 bits per heavy atom. The first-order valence-electron chi connectivity index (χ1n) is 3.84. The van der Waals surface area contributed by atoms with Gasteiger partial charge in [-0.05, 0) is 13.8 Å². The average molecular weight is 182 g/mol. The van der Waals surface area contributed by atoms with Crippen molar-refractivity contribution < 1.29 is 9.90 Å². The summed E-state index contributed by atoms with van der Waals surface area (Å²) in [6.45, 7) is 3.60. The summed E-state index contributed by atoms with van der Waals surface area (Å²) in [4.78, 5) is 21.7. The number of rotatable bonds is 2. The van der Waals surface area contributed by atoms with E-state index in [0.29, 0.717) is 0 Å². The van der Waals surface area contributed by atoms with Crippen molar-refractivity contribution in [3.05, 3.63) is 28.2 Å². The van der Waals surface area contributed by atoms with E-state index < -0.39 is 11.5 Å². The fourth-order valence-corrected chi connectivity index (χ4v) is 0.923.